The van der Waals surface area contributed by atoms with Gasteiger partial charge in [-0.2, -0.15) is 0 Å². The van der Waals surface area contributed by atoms with Gasteiger partial charge in [0.25, 0.3) is 0 Å². The Hall–Kier alpha value is -1.31. The molecule has 2 N–H and O–H groups in total. The number of nitrogens with one attached hydrogen (secondary N) is 2. The van der Waals surface area contributed by atoms with E-state index in [0.29, 0.717) is 11.6 Å². The quantitative estimate of drug-likeness (QED) is 0.527. The fraction of sp³-hybridized carbons (Fsp3) is 0.533. The summed E-state index contributed by atoms with van der Waals surface area (Å²) >= 11 is 0. The van der Waals surface area contributed by atoms with E-state index in [-0.39, 0.29) is 0 Å². The minimum Gasteiger partial charge on any atom is -0.390 e. The molecule has 0 heterocycles. The maximum absolute atomic E-state index is 7.49. The molecule has 0 aromatic rings. The number of rotatable bonds is 6. The molecule has 0 aliphatic rings. The maximum atomic E-state index is 7.49. The van der Waals surface area contributed by atoms with Gasteiger partial charge in [-0.1, -0.05) is 26.0 Å². The first kappa shape index (κ1) is 15.7. The topological polar surface area (TPSA) is 35.9 Å². The Morgan fingerprint density at radius 2 is 1.53 bits per heavy atom. The Kier molecular flexibility index (Phi) is 7.27. The lowest BCUT2D eigenvalue weighted by atomic mass is 10.1. The first-order chi connectivity index (χ1) is 7.84. The lowest BCUT2D eigenvalue weighted by Gasteiger charge is -2.06. The standard InChI is InChI=1S/C15H26N2/c1-11(2)9-17-10-14(5)12(3)7-8-13(4)15(6)16/h7-8,10-11,16-17H,9H2,1-6H3/b12-7+,13-8+,14-10+,16-15?. The Morgan fingerprint density at radius 3 is 2.00 bits per heavy atom. The normalized spacial score (nSPS) is 14.2. The van der Waals surface area contributed by atoms with E-state index in [9.17, 15) is 0 Å². The maximum Gasteiger partial charge on any atom is 0.0312 e. The summed E-state index contributed by atoms with van der Waals surface area (Å²) in [6.45, 7) is 13.3. The SMILES string of the molecule is CC(=N)/C(C)=C/C=C(C)/C(C)=C/NCC(C)C. The third-order valence-corrected chi connectivity index (χ3v) is 2.64. The second kappa shape index (κ2) is 7.88. The van der Waals surface area contributed by atoms with Crippen LogP contribution in [-0.2, 0) is 0 Å². The highest BCUT2D eigenvalue weighted by molar-refractivity contribution is 5.95. The lowest BCUT2D eigenvalue weighted by Crippen LogP contribution is -2.13. The van der Waals surface area contributed by atoms with Gasteiger partial charge in [-0.05, 0) is 56.5 Å². The van der Waals surface area contributed by atoms with Gasteiger partial charge in [-0.25, -0.2) is 0 Å². The van der Waals surface area contributed by atoms with Crippen molar-refractivity contribution in [3.05, 3.63) is 35.1 Å². The molecule has 0 aliphatic carbocycles. The van der Waals surface area contributed by atoms with Crippen molar-refractivity contribution >= 4 is 5.71 Å². The smallest absolute Gasteiger partial charge is 0.0312 e. The van der Waals surface area contributed by atoms with Gasteiger partial charge in [-0.3, -0.25) is 0 Å². The molecule has 0 aromatic carbocycles. The summed E-state index contributed by atoms with van der Waals surface area (Å²) in [5.41, 5.74) is 4.08. The molecule has 0 spiro atoms. The average Bonchev–Trinajstić information content (AvgIpc) is 2.24. The van der Waals surface area contributed by atoms with Crippen LogP contribution < -0.4 is 5.32 Å². The molecule has 0 aromatic heterocycles. The van der Waals surface area contributed by atoms with E-state index in [1.165, 1.54) is 11.1 Å². The zero-order valence-electron chi connectivity index (χ0n) is 12.0. The Labute approximate surface area is 106 Å². The zero-order chi connectivity index (χ0) is 13.4. The summed E-state index contributed by atoms with van der Waals surface area (Å²) in [6, 6.07) is 0. The molecule has 0 aliphatic heterocycles. The average molecular weight is 234 g/mol. The van der Waals surface area contributed by atoms with Gasteiger partial charge in [0.2, 0.25) is 0 Å². The van der Waals surface area contributed by atoms with E-state index in [1.54, 1.807) is 0 Å². The molecule has 0 amide bonds. The molecule has 0 radical (unpaired) electrons. The monoisotopic (exact) mass is 234 g/mol. The van der Waals surface area contributed by atoms with Crippen LogP contribution in [-0.4, -0.2) is 12.3 Å². The van der Waals surface area contributed by atoms with Gasteiger partial charge in [0.05, 0.1) is 0 Å². The van der Waals surface area contributed by atoms with Crippen LogP contribution >= 0.6 is 0 Å². The summed E-state index contributed by atoms with van der Waals surface area (Å²) in [7, 11) is 0. The zero-order valence-corrected chi connectivity index (χ0v) is 12.0. The summed E-state index contributed by atoms with van der Waals surface area (Å²) in [5.74, 6) is 0.658. The van der Waals surface area contributed by atoms with Gasteiger partial charge in [-0.15, -0.1) is 0 Å². The molecule has 96 valence electrons. The van der Waals surface area contributed by atoms with Crippen molar-refractivity contribution in [2.24, 2.45) is 5.92 Å². The molecule has 0 saturated carbocycles. The first-order valence-corrected chi connectivity index (χ1v) is 6.15. The molecule has 0 rings (SSSR count). The Balaban J connectivity index is 4.48. The third-order valence-electron chi connectivity index (χ3n) is 2.64. The van der Waals surface area contributed by atoms with E-state index in [2.05, 4.69) is 45.3 Å². The van der Waals surface area contributed by atoms with Crippen molar-refractivity contribution in [1.82, 2.24) is 5.32 Å². The molecular formula is C15H26N2. The van der Waals surface area contributed by atoms with E-state index in [4.69, 9.17) is 5.41 Å². The molecule has 0 unspecified atom stereocenters. The predicted molar refractivity (Wildman–Crippen MR) is 77.5 cm³/mol. The minimum absolute atomic E-state index is 0.619. The Bertz CT molecular complexity index is 344. The fourth-order valence-corrected chi connectivity index (χ4v) is 1.07. The second-order valence-corrected chi connectivity index (χ2v) is 4.95. The van der Waals surface area contributed by atoms with Crippen molar-refractivity contribution in [2.45, 2.75) is 41.5 Å². The third kappa shape index (κ3) is 7.56. The highest BCUT2D eigenvalue weighted by Crippen LogP contribution is 2.08. The molecule has 17 heavy (non-hydrogen) atoms. The van der Waals surface area contributed by atoms with Crippen LogP contribution in [0.5, 0.6) is 0 Å². The van der Waals surface area contributed by atoms with Crippen molar-refractivity contribution < 1.29 is 0 Å². The van der Waals surface area contributed by atoms with Crippen molar-refractivity contribution in [2.75, 3.05) is 6.54 Å². The summed E-state index contributed by atoms with van der Waals surface area (Å²) < 4.78 is 0. The summed E-state index contributed by atoms with van der Waals surface area (Å²) in [5, 5.41) is 10.8. The van der Waals surface area contributed by atoms with Crippen LogP contribution in [0.1, 0.15) is 41.5 Å². The van der Waals surface area contributed by atoms with E-state index in [1.807, 2.05) is 19.9 Å². The van der Waals surface area contributed by atoms with Crippen molar-refractivity contribution in [1.29, 1.82) is 5.41 Å². The number of allylic oxidation sites excluding steroid dienone is 5. The van der Waals surface area contributed by atoms with Gasteiger partial charge in [0.1, 0.15) is 0 Å². The molecule has 0 atom stereocenters. The molecule has 0 bridgehead atoms. The number of hydrogen-bond donors (Lipinski definition) is 2. The van der Waals surface area contributed by atoms with Crippen LogP contribution in [0.4, 0.5) is 0 Å². The second-order valence-electron chi connectivity index (χ2n) is 4.95. The van der Waals surface area contributed by atoms with Crippen molar-refractivity contribution in [3.8, 4) is 0 Å². The van der Waals surface area contributed by atoms with Gasteiger partial charge in [0, 0.05) is 12.3 Å². The van der Waals surface area contributed by atoms with Gasteiger partial charge >= 0.3 is 0 Å². The van der Waals surface area contributed by atoms with E-state index in [0.717, 1.165) is 12.1 Å². The van der Waals surface area contributed by atoms with Gasteiger partial charge < -0.3 is 10.7 Å². The van der Waals surface area contributed by atoms with Crippen LogP contribution in [0, 0.1) is 11.3 Å². The largest absolute Gasteiger partial charge is 0.390 e. The minimum atomic E-state index is 0.619. The fourth-order valence-electron chi connectivity index (χ4n) is 1.07. The predicted octanol–water partition coefficient (Wildman–Crippen LogP) is 4.07. The Morgan fingerprint density at radius 1 is 1.00 bits per heavy atom. The van der Waals surface area contributed by atoms with E-state index >= 15 is 0 Å². The molecule has 2 heteroatoms. The van der Waals surface area contributed by atoms with Crippen LogP contribution in [0.25, 0.3) is 0 Å². The summed E-state index contributed by atoms with van der Waals surface area (Å²) in [6.07, 6.45) is 6.12. The summed E-state index contributed by atoms with van der Waals surface area (Å²) in [4.78, 5) is 0. The van der Waals surface area contributed by atoms with Crippen LogP contribution in [0.2, 0.25) is 0 Å². The molecule has 2 nitrogen and oxygen atoms in total. The molecular weight excluding hydrogens is 208 g/mol. The molecule has 0 saturated heterocycles. The highest BCUT2D eigenvalue weighted by Gasteiger charge is 1.94. The van der Waals surface area contributed by atoms with E-state index < -0.39 is 0 Å². The first-order valence-electron chi connectivity index (χ1n) is 6.15. The van der Waals surface area contributed by atoms with Crippen molar-refractivity contribution in [3.63, 3.8) is 0 Å². The van der Waals surface area contributed by atoms with Gasteiger partial charge in [0.15, 0.2) is 0 Å². The molecule has 0 fully saturated rings. The number of hydrogen-bond acceptors (Lipinski definition) is 2. The van der Waals surface area contributed by atoms with Crippen LogP contribution in [0.3, 0.4) is 0 Å². The highest BCUT2D eigenvalue weighted by atomic mass is 14.8. The lowest BCUT2D eigenvalue weighted by molar-refractivity contribution is 0.610. The van der Waals surface area contributed by atoms with Crippen LogP contribution in [0.15, 0.2) is 35.1 Å².